The third kappa shape index (κ3) is 2.33. The van der Waals surface area contributed by atoms with Gasteiger partial charge in [-0.2, -0.15) is 0 Å². The van der Waals surface area contributed by atoms with E-state index < -0.39 is 0 Å². The smallest absolute Gasteiger partial charge is 0.338 e. The second-order valence-corrected chi connectivity index (χ2v) is 5.05. The summed E-state index contributed by atoms with van der Waals surface area (Å²) in [5.41, 5.74) is 2.01. The average Bonchev–Trinajstić information content (AvgIpc) is 2.41. The largest absolute Gasteiger partial charge is 0.423 e. The molecule has 0 amide bonds. The summed E-state index contributed by atoms with van der Waals surface area (Å²) in [4.78, 5) is 13.8. The van der Waals surface area contributed by atoms with Crippen LogP contribution in [-0.2, 0) is 4.74 Å². The average molecular weight is 280 g/mol. The number of morpholine rings is 1. The van der Waals surface area contributed by atoms with Gasteiger partial charge in [-0.15, -0.1) is 0 Å². The minimum atomic E-state index is -0.337. The highest BCUT2D eigenvalue weighted by atomic mass is 35.5. The van der Waals surface area contributed by atoms with E-state index in [4.69, 9.17) is 20.8 Å². The lowest BCUT2D eigenvalue weighted by molar-refractivity contribution is 0.123. The van der Waals surface area contributed by atoms with Gasteiger partial charge in [0.15, 0.2) is 0 Å². The van der Waals surface area contributed by atoms with Crippen molar-refractivity contribution in [3.63, 3.8) is 0 Å². The first-order valence-corrected chi connectivity index (χ1v) is 6.59. The summed E-state index contributed by atoms with van der Waals surface area (Å²) in [5, 5.41) is 1.55. The lowest BCUT2D eigenvalue weighted by atomic mass is 10.1. The number of rotatable bonds is 1. The molecule has 1 aliphatic heterocycles. The lowest BCUT2D eigenvalue weighted by Crippen LogP contribution is -2.36. The van der Waals surface area contributed by atoms with Gasteiger partial charge in [0, 0.05) is 29.6 Å². The number of halogens is 1. The van der Waals surface area contributed by atoms with Gasteiger partial charge in [-0.1, -0.05) is 11.6 Å². The molecule has 1 saturated heterocycles. The third-order valence-electron chi connectivity index (χ3n) is 3.35. The SMILES string of the molecule is Cc1cc2oc(=O)cc(N3CCOCC3)c2cc1Cl. The first-order chi connectivity index (χ1) is 9.15. The van der Waals surface area contributed by atoms with Crippen LogP contribution in [0.4, 0.5) is 5.69 Å². The van der Waals surface area contributed by atoms with E-state index in [0.29, 0.717) is 23.8 Å². The maximum Gasteiger partial charge on any atom is 0.338 e. The molecule has 1 aliphatic rings. The van der Waals surface area contributed by atoms with Crippen molar-refractivity contribution in [3.05, 3.63) is 39.2 Å². The van der Waals surface area contributed by atoms with E-state index in [1.807, 2.05) is 19.1 Å². The zero-order valence-electron chi connectivity index (χ0n) is 10.6. The van der Waals surface area contributed by atoms with Crippen molar-refractivity contribution < 1.29 is 9.15 Å². The van der Waals surface area contributed by atoms with Crippen LogP contribution in [-0.4, -0.2) is 26.3 Å². The first-order valence-electron chi connectivity index (χ1n) is 6.22. The van der Waals surface area contributed by atoms with E-state index in [1.54, 1.807) is 0 Å². The van der Waals surface area contributed by atoms with Gasteiger partial charge < -0.3 is 14.1 Å². The predicted octanol–water partition coefficient (Wildman–Crippen LogP) is 2.59. The van der Waals surface area contributed by atoms with Gasteiger partial charge in [0.25, 0.3) is 0 Å². The molecule has 2 aromatic rings. The van der Waals surface area contributed by atoms with Crippen molar-refractivity contribution in [3.8, 4) is 0 Å². The van der Waals surface area contributed by atoms with E-state index >= 15 is 0 Å². The molecule has 0 saturated carbocycles. The highest BCUT2D eigenvalue weighted by Crippen LogP contribution is 2.30. The van der Waals surface area contributed by atoms with Crippen LogP contribution < -0.4 is 10.5 Å². The van der Waals surface area contributed by atoms with Crippen LogP contribution >= 0.6 is 11.6 Å². The fourth-order valence-electron chi connectivity index (χ4n) is 2.33. The van der Waals surface area contributed by atoms with Crippen LogP contribution in [0.25, 0.3) is 11.0 Å². The molecule has 0 aliphatic carbocycles. The molecule has 0 N–H and O–H groups in total. The Hall–Kier alpha value is -1.52. The number of anilines is 1. The van der Waals surface area contributed by atoms with Crippen molar-refractivity contribution in [2.75, 3.05) is 31.2 Å². The van der Waals surface area contributed by atoms with Gasteiger partial charge in [-0.05, 0) is 24.6 Å². The molecule has 1 aromatic carbocycles. The second-order valence-electron chi connectivity index (χ2n) is 4.65. The number of hydrogen-bond donors (Lipinski definition) is 0. The third-order valence-corrected chi connectivity index (χ3v) is 3.76. The minimum Gasteiger partial charge on any atom is -0.423 e. The monoisotopic (exact) mass is 279 g/mol. The van der Waals surface area contributed by atoms with Crippen LogP contribution in [0.15, 0.2) is 27.4 Å². The molecular weight excluding hydrogens is 266 g/mol. The molecule has 0 atom stereocenters. The van der Waals surface area contributed by atoms with Crippen molar-refractivity contribution in [2.24, 2.45) is 0 Å². The highest BCUT2D eigenvalue weighted by Gasteiger charge is 2.16. The Morgan fingerprint density at radius 2 is 1.95 bits per heavy atom. The van der Waals surface area contributed by atoms with Gasteiger partial charge in [-0.25, -0.2) is 4.79 Å². The first kappa shape index (κ1) is 12.5. The molecule has 100 valence electrons. The van der Waals surface area contributed by atoms with Crippen LogP contribution in [0, 0.1) is 6.92 Å². The van der Waals surface area contributed by atoms with Gasteiger partial charge in [0.05, 0.1) is 18.9 Å². The summed E-state index contributed by atoms with van der Waals surface area (Å²) < 4.78 is 10.6. The maximum absolute atomic E-state index is 11.7. The van der Waals surface area contributed by atoms with Gasteiger partial charge in [-0.3, -0.25) is 0 Å². The van der Waals surface area contributed by atoms with Crippen LogP contribution in [0.1, 0.15) is 5.56 Å². The standard InChI is InChI=1S/C14H14ClNO3/c1-9-6-13-10(7-11(9)15)12(8-14(17)19-13)16-2-4-18-5-3-16/h6-8H,2-5H2,1H3. The fourth-order valence-corrected chi connectivity index (χ4v) is 2.50. The fraction of sp³-hybridized carbons (Fsp3) is 0.357. The van der Waals surface area contributed by atoms with Crippen molar-refractivity contribution in [2.45, 2.75) is 6.92 Å². The quantitative estimate of drug-likeness (QED) is 0.753. The topological polar surface area (TPSA) is 42.7 Å². The molecular formula is C14H14ClNO3. The normalized spacial score (nSPS) is 16.0. The van der Waals surface area contributed by atoms with Crippen molar-refractivity contribution >= 4 is 28.3 Å². The van der Waals surface area contributed by atoms with Crippen LogP contribution in [0.3, 0.4) is 0 Å². The summed E-state index contributed by atoms with van der Waals surface area (Å²) in [6.07, 6.45) is 0. The summed E-state index contributed by atoms with van der Waals surface area (Å²) in [6, 6.07) is 5.20. The van der Waals surface area contributed by atoms with Gasteiger partial charge >= 0.3 is 5.63 Å². The second kappa shape index (κ2) is 4.87. The molecule has 19 heavy (non-hydrogen) atoms. The Labute approximate surface area is 115 Å². The molecule has 5 heteroatoms. The maximum atomic E-state index is 11.7. The summed E-state index contributed by atoms with van der Waals surface area (Å²) in [5.74, 6) is 0. The lowest BCUT2D eigenvalue weighted by Gasteiger charge is -2.29. The predicted molar refractivity (Wildman–Crippen MR) is 75.3 cm³/mol. The van der Waals surface area contributed by atoms with E-state index in [0.717, 1.165) is 29.7 Å². The van der Waals surface area contributed by atoms with Crippen molar-refractivity contribution in [1.29, 1.82) is 0 Å². The van der Waals surface area contributed by atoms with Crippen LogP contribution in [0.5, 0.6) is 0 Å². The Kier molecular flexibility index (Phi) is 3.21. The zero-order valence-corrected chi connectivity index (χ0v) is 11.4. The Morgan fingerprint density at radius 1 is 1.21 bits per heavy atom. The Morgan fingerprint density at radius 3 is 2.68 bits per heavy atom. The molecule has 2 heterocycles. The van der Waals surface area contributed by atoms with Crippen LogP contribution in [0.2, 0.25) is 5.02 Å². The zero-order chi connectivity index (χ0) is 13.4. The molecule has 1 aromatic heterocycles. The summed E-state index contributed by atoms with van der Waals surface area (Å²) in [6.45, 7) is 4.76. The minimum absolute atomic E-state index is 0.337. The Bertz CT molecular complexity index is 674. The van der Waals surface area contributed by atoms with E-state index in [9.17, 15) is 4.79 Å². The molecule has 1 fully saturated rings. The number of fused-ring (bicyclic) bond motifs is 1. The number of hydrogen-bond acceptors (Lipinski definition) is 4. The molecule has 4 nitrogen and oxygen atoms in total. The van der Waals surface area contributed by atoms with E-state index in [2.05, 4.69) is 4.90 Å². The Balaban J connectivity index is 2.21. The number of nitrogens with zero attached hydrogens (tertiary/aromatic N) is 1. The molecule has 0 radical (unpaired) electrons. The number of ether oxygens (including phenoxy) is 1. The molecule has 0 unspecified atom stereocenters. The highest BCUT2D eigenvalue weighted by molar-refractivity contribution is 6.32. The molecule has 3 rings (SSSR count). The van der Waals surface area contributed by atoms with E-state index in [1.165, 1.54) is 6.07 Å². The van der Waals surface area contributed by atoms with Gasteiger partial charge in [0.2, 0.25) is 0 Å². The number of aryl methyl sites for hydroxylation is 1. The summed E-state index contributed by atoms with van der Waals surface area (Å²) >= 11 is 6.18. The van der Waals surface area contributed by atoms with Crippen molar-refractivity contribution in [1.82, 2.24) is 0 Å². The van der Waals surface area contributed by atoms with E-state index in [-0.39, 0.29) is 5.63 Å². The summed E-state index contributed by atoms with van der Waals surface area (Å²) in [7, 11) is 0. The van der Waals surface area contributed by atoms with Gasteiger partial charge in [0.1, 0.15) is 5.58 Å². The molecule has 0 spiro atoms. The molecule has 0 bridgehead atoms. The number of benzene rings is 1.